The van der Waals surface area contributed by atoms with Gasteiger partial charge in [-0.3, -0.25) is 9.78 Å². The molecule has 76 valence electrons. The molecule has 0 bridgehead atoms. The molecule has 1 aromatic heterocycles. The minimum absolute atomic E-state index is 0.0865. The number of pyridine rings is 1. The number of nitrogens with one attached hydrogen (secondary N) is 2. The summed E-state index contributed by atoms with van der Waals surface area (Å²) in [7, 11) is 0. The van der Waals surface area contributed by atoms with Gasteiger partial charge in [-0.15, -0.1) is 0 Å². The monoisotopic (exact) mass is 193 g/mol. The van der Waals surface area contributed by atoms with Crippen molar-refractivity contribution in [3.05, 3.63) is 24.0 Å². The van der Waals surface area contributed by atoms with E-state index in [1.54, 1.807) is 18.5 Å². The SMILES string of the molecule is CCNC(=O)c1cnccc1NCC. The topological polar surface area (TPSA) is 54.0 Å². The Morgan fingerprint density at radius 2 is 2.21 bits per heavy atom. The van der Waals surface area contributed by atoms with Crippen molar-refractivity contribution in [3.8, 4) is 0 Å². The molecule has 1 amide bonds. The Hall–Kier alpha value is -1.58. The van der Waals surface area contributed by atoms with Crippen LogP contribution in [0.5, 0.6) is 0 Å². The number of hydrogen-bond acceptors (Lipinski definition) is 3. The summed E-state index contributed by atoms with van der Waals surface area (Å²) in [6.45, 7) is 5.29. The Bertz CT molecular complexity index is 312. The summed E-state index contributed by atoms with van der Waals surface area (Å²) < 4.78 is 0. The largest absolute Gasteiger partial charge is 0.385 e. The van der Waals surface area contributed by atoms with Crippen LogP contribution in [-0.2, 0) is 0 Å². The number of carbonyl (C=O) groups is 1. The number of hydrogen-bond donors (Lipinski definition) is 2. The van der Waals surface area contributed by atoms with Gasteiger partial charge < -0.3 is 10.6 Å². The smallest absolute Gasteiger partial charge is 0.254 e. The molecule has 0 saturated carbocycles. The van der Waals surface area contributed by atoms with Gasteiger partial charge in [0, 0.05) is 25.5 Å². The fourth-order valence-corrected chi connectivity index (χ4v) is 1.18. The first-order chi connectivity index (χ1) is 6.79. The highest BCUT2D eigenvalue weighted by molar-refractivity contribution is 5.99. The van der Waals surface area contributed by atoms with E-state index in [0.29, 0.717) is 12.1 Å². The summed E-state index contributed by atoms with van der Waals surface area (Å²) in [5.41, 5.74) is 1.42. The molecule has 0 spiro atoms. The average molecular weight is 193 g/mol. The highest BCUT2D eigenvalue weighted by atomic mass is 16.1. The van der Waals surface area contributed by atoms with E-state index in [-0.39, 0.29) is 5.91 Å². The van der Waals surface area contributed by atoms with E-state index in [1.165, 1.54) is 0 Å². The van der Waals surface area contributed by atoms with Crippen molar-refractivity contribution < 1.29 is 4.79 Å². The third kappa shape index (κ3) is 2.45. The summed E-state index contributed by atoms with van der Waals surface area (Å²) in [6.07, 6.45) is 3.24. The van der Waals surface area contributed by atoms with E-state index in [0.717, 1.165) is 12.2 Å². The Morgan fingerprint density at radius 1 is 1.43 bits per heavy atom. The van der Waals surface area contributed by atoms with Crippen molar-refractivity contribution in [3.63, 3.8) is 0 Å². The fraction of sp³-hybridized carbons (Fsp3) is 0.400. The number of nitrogens with zero attached hydrogens (tertiary/aromatic N) is 1. The van der Waals surface area contributed by atoms with E-state index in [2.05, 4.69) is 15.6 Å². The highest BCUT2D eigenvalue weighted by Gasteiger charge is 2.08. The van der Waals surface area contributed by atoms with Crippen molar-refractivity contribution >= 4 is 11.6 Å². The van der Waals surface area contributed by atoms with E-state index >= 15 is 0 Å². The molecule has 0 radical (unpaired) electrons. The lowest BCUT2D eigenvalue weighted by molar-refractivity contribution is 0.0956. The summed E-state index contributed by atoms with van der Waals surface area (Å²) in [5.74, 6) is -0.0865. The molecule has 0 atom stereocenters. The maximum atomic E-state index is 11.5. The Balaban J connectivity index is 2.88. The lowest BCUT2D eigenvalue weighted by Crippen LogP contribution is -2.24. The average Bonchev–Trinajstić information content (AvgIpc) is 2.19. The number of rotatable bonds is 4. The van der Waals surface area contributed by atoms with E-state index in [1.807, 2.05) is 13.8 Å². The number of amides is 1. The molecule has 2 N–H and O–H groups in total. The van der Waals surface area contributed by atoms with Crippen LogP contribution in [0, 0.1) is 0 Å². The van der Waals surface area contributed by atoms with Crippen LogP contribution >= 0.6 is 0 Å². The Labute approximate surface area is 83.7 Å². The molecule has 0 fully saturated rings. The van der Waals surface area contributed by atoms with Gasteiger partial charge >= 0.3 is 0 Å². The van der Waals surface area contributed by atoms with Crippen LogP contribution in [-0.4, -0.2) is 24.0 Å². The van der Waals surface area contributed by atoms with E-state index in [4.69, 9.17) is 0 Å². The summed E-state index contributed by atoms with van der Waals surface area (Å²) in [4.78, 5) is 15.5. The lowest BCUT2D eigenvalue weighted by atomic mass is 10.2. The Kier molecular flexibility index (Phi) is 3.91. The van der Waals surface area contributed by atoms with Crippen LogP contribution in [0.4, 0.5) is 5.69 Å². The molecule has 1 aromatic rings. The second kappa shape index (κ2) is 5.21. The second-order valence-electron chi connectivity index (χ2n) is 2.81. The van der Waals surface area contributed by atoms with Crippen LogP contribution in [0.1, 0.15) is 24.2 Å². The molecule has 0 aliphatic rings. The summed E-state index contributed by atoms with van der Waals surface area (Å²) >= 11 is 0. The first kappa shape index (κ1) is 10.5. The molecule has 0 aliphatic heterocycles. The molecule has 4 heteroatoms. The summed E-state index contributed by atoms with van der Waals surface area (Å²) in [6, 6.07) is 1.80. The van der Waals surface area contributed by atoms with Gasteiger partial charge in [0.05, 0.1) is 11.3 Å². The quantitative estimate of drug-likeness (QED) is 0.757. The molecule has 4 nitrogen and oxygen atoms in total. The third-order valence-corrected chi connectivity index (χ3v) is 1.77. The van der Waals surface area contributed by atoms with Gasteiger partial charge in [0.2, 0.25) is 0 Å². The van der Waals surface area contributed by atoms with Gasteiger partial charge in [-0.05, 0) is 19.9 Å². The molecular formula is C10H15N3O. The van der Waals surface area contributed by atoms with Crippen LogP contribution in [0.2, 0.25) is 0 Å². The van der Waals surface area contributed by atoms with Crippen molar-refractivity contribution in [2.24, 2.45) is 0 Å². The first-order valence-electron chi connectivity index (χ1n) is 4.75. The molecule has 1 heterocycles. The highest BCUT2D eigenvalue weighted by Crippen LogP contribution is 2.12. The van der Waals surface area contributed by atoms with Gasteiger partial charge in [-0.25, -0.2) is 0 Å². The second-order valence-corrected chi connectivity index (χ2v) is 2.81. The minimum atomic E-state index is -0.0865. The maximum Gasteiger partial charge on any atom is 0.254 e. The van der Waals surface area contributed by atoms with Crippen molar-refractivity contribution in [2.45, 2.75) is 13.8 Å². The van der Waals surface area contributed by atoms with Gasteiger partial charge in [-0.1, -0.05) is 0 Å². The van der Waals surface area contributed by atoms with Crippen LogP contribution in [0.15, 0.2) is 18.5 Å². The molecular weight excluding hydrogens is 178 g/mol. The molecule has 0 aliphatic carbocycles. The van der Waals surface area contributed by atoms with Crippen molar-refractivity contribution in [2.75, 3.05) is 18.4 Å². The van der Waals surface area contributed by atoms with Gasteiger partial charge in [-0.2, -0.15) is 0 Å². The zero-order valence-corrected chi connectivity index (χ0v) is 8.50. The minimum Gasteiger partial charge on any atom is -0.385 e. The first-order valence-corrected chi connectivity index (χ1v) is 4.75. The Morgan fingerprint density at radius 3 is 2.86 bits per heavy atom. The van der Waals surface area contributed by atoms with Crippen molar-refractivity contribution in [1.82, 2.24) is 10.3 Å². The van der Waals surface area contributed by atoms with Crippen molar-refractivity contribution in [1.29, 1.82) is 0 Å². The molecule has 0 unspecified atom stereocenters. The molecule has 0 aromatic carbocycles. The zero-order chi connectivity index (χ0) is 10.4. The van der Waals surface area contributed by atoms with Crippen LogP contribution in [0.3, 0.4) is 0 Å². The normalized spacial score (nSPS) is 9.57. The van der Waals surface area contributed by atoms with E-state index in [9.17, 15) is 4.79 Å². The van der Waals surface area contributed by atoms with Crippen LogP contribution in [0.25, 0.3) is 0 Å². The molecule has 0 saturated heterocycles. The summed E-state index contributed by atoms with van der Waals surface area (Å²) in [5, 5.41) is 5.86. The van der Waals surface area contributed by atoms with Gasteiger partial charge in [0.15, 0.2) is 0 Å². The standard InChI is InChI=1S/C10H15N3O/c1-3-12-9-5-6-11-7-8(9)10(14)13-4-2/h5-7H,3-4H2,1-2H3,(H,11,12)(H,13,14). The van der Waals surface area contributed by atoms with Gasteiger partial charge in [0.25, 0.3) is 5.91 Å². The number of aromatic nitrogens is 1. The lowest BCUT2D eigenvalue weighted by Gasteiger charge is -2.08. The van der Waals surface area contributed by atoms with E-state index < -0.39 is 0 Å². The fourth-order valence-electron chi connectivity index (χ4n) is 1.18. The molecule has 1 rings (SSSR count). The maximum absolute atomic E-state index is 11.5. The predicted octanol–water partition coefficient (Wildman–Crippen LogP) is 1.26. The number of anilines is 1. The number of carbonyl (C=O) groups excluding carboxylic acids is 1. The van der Waals surface area contributed by atoms with Gasteiger partial charge in [0.1, 0.15) is 0 Å². The third-order valence-electron chi connectivity index (χ3n) is 1.77. The predicted molar refractivity (Wildman–Crippen MR) is 56.4 cm³/mol. The zero-order valence-electron chi connectivity index (χ0n) is 8.50. The van der Waals surface area contributed by atoms with Crippen LogP contribution < -0.4 is 10.6 Å². The molecule has 14 heavy (non-hydrogen) atoms.